The fourth-order valence-electron chi connectivity index (χ4n) is 4.35. The van der Waals surface area contributed by atoms with Gasteiger partial charge in [-0.05, 0) is 49.1 Å². The number of anilines is 2. The van der Waals surface area contributed by atoms with Gasteiger partial charge in [0.2, 0.25) is 0 Å². The molecule has 3 atom stereocenters. The van der Waals surface area contributed by atoms with Crippen molar-refractivity contribution >= 4 is 34.7 Å². The Morgan fingerprint density at radius 3 is 2.61 bits per heavy atom. The van der Waals surface area contributed by atoms with E-state index in [0.29, 0.717) is 29.4 Å². The SMILES string of the molecule is CCOc1ccc([C@H]2Nc3ccccc3NC3=C2C(=O)[C@@H](C(=O)OC)[C@@H](C)C3)cc1Cl. The van der Waals surface area contributed by atoms with Crippen LogP contribution in [0.4, 0.5) is 11.4 Å². The van der Waals surface area contributed by atoms with Crippen LogP contribution >= 0.6 is 11.6 Å². The van der Waals surface area contributed by atoms with Crippen LogP contribution < -0.4 is 15.4 Å². The Bertz CT molecular complexity index is 1070. The summed E-state index contributed by atoms with van der Waals surface area (Å²) in [4.78, 5) is 26.1. The number of ether oxygens (including phenoxy) is 2. The molecule has 2 N–H and O–H groups in total. The largest absolute Gasteiger partial charge is 0.492 e. The third-order valence-corrected chi connectivity index (χ3v) is 6.11. The predicted molar refractivity (Wildman–Crippen MR) is 120 cm³/mol. The zero-order valence-electron chi connectivity index (χ0n) is 17.7. The maximum atomic E-state index is 13.6. The van der Waals surface area contributed by atoms with Crippen molar-refractivity contribution in [3.63, 3.8) is 0 Å². The highest BCUT2D eigenvalue weighted by Gasteiger charge is 2.44. The summed E-state index contributed by atoms with van der Waals surface area (Å²) in [6.07, 6.45) is 0.554. The number of allylic oxidation sites excluding steroid dienone is 1. The van der Waals surface area contributed by atoms with Crippen LogP contribution in [0, 0.1) is 11.8 Å². The van der Waals surface area contributed by atoms with E-state index in [-0.39, 0.29) is 11.7 Å². The van der Waals surface area contributed by atoms with Gasteiger partial charge in [0.05, 0.1) is 36.2 Å². The Hall–Kier alpha value is -2.99. The van der Waals surface area contributed by atoms with Crippen molar-refractivity contribution in [1.29, 1.82) is 0 Å². The van der Waals surface area contributed by atoms with Crippen molar-refractivity contribution in [2.24, 2.45) is 11.8 Å². The molecule has 0 radical (unpaired) electrons. The van der Waals surface area contributed by atoms with Crippen LogP contribution in [0.3, 0.4) is 0 Å². The van der Waals surface area contributed by atoms with Crippen LogP contribution in [0.15, 0.2) is 53.7 Å². The molecular formula is C24H25ClN2O4. The first kappa shape index (κ1) is 21.2. The number of fused-ring (bicyclic) bond motifs is 1. The molecule has 0 spiro atoms. The third kappa shape index (κ3) is 3.88. The van der Waals surface area contributed by atoms with Crippen LogP contribution in [0.25, 0.3) is 0 Å². The smallest absolute Gasteiger partial charge is 0.316 e. The lowest BCUT2D eigenvalue weighted by Gasteiger charge is -2.32. The number of carbonyl (C=O) groups is 2. The number of carbonyl (C=O) groups excluding carboxylic acids is 2. The number of halogens is 1. The van der Waals surface area contributed by atoms with Crippen LogP contribution in [-0.2, 0) is 14.3 Å². The molecule has 7 heteroatoms. The molecular weight excluding hydrogens is 416 g/mol. The Labute approximate surface area is 186 Å². The number of esters is 1. The Morgan fingerprint density at radius 2 is 1.94 bits per heavy atom. The van der Waals surface area contributed by atoms with Gasteiger partial charge in [-0.3, -0.25) is 9.59 Å². The molecule has 1 aliphatic carbocycles. The second-order valence-corrected chi connectivity index (χ2v) is 8.22. The molecule has 6 nitrogen and oxygen atoms in total. The summed E-state index contributed by atoms with van der Waals surface area (Å²) in [5.41, 5.74) is 3.90. The molecule has 2 aromatic rings. The highest BCUT2D eigenvalue weighted by Crippen LogP contribution is 2.44. The van der Waals surface area contributed by atoms with Crippen LogP contribution in [0.2, 0.25) is 5.02 Å². The quantitative estimate of drug-likeness (QED) is 0.516. The van der Waals surface area contributed by atoms with Crippen LogP contribution in [0.5, 0.6) is 5.75 Å². The summed E-state index contributed by atoms with van der Waals surface area (Å²) in [6.45, 7) is 4.30. The fraction of sp³-hybridized carbons (Fsp3) is 0.333. The number of rotatable bonds is 4. The average Bonchev–Trinajstić information content (AvgIpc) is 2.91. The van der Waals surface area contributed by atoms with Gasteiger partial charge in [-0.15, -0.1) is 0 Å². The first-order valence-electron chi connectivity index (χ1n) is 10.3. The number of hydrogen-bond acceptors (Lipinski definition) is 6. The first-order chi connectivity index (χ1) is 14.9. The maximum Gasteiger partial charge on any atom is 0.316 e. The van der Waals surface area contributed by atoms with E-state index in [1.807, 2.05) is 44.2 Å². The molecule has 0 saturated carbocycles. The normalized spacial score (nSPS) is 22.5. The van der Waals surface area contributed by atoms with E-state index in [2.05, 4.69) is 10.6 Å². The molecule has 2 aliphatic rings. The van der Waals surface area contributed by atoms with Crippen molar-refractivity contribution < 1.29 is 19.1 Å². The third-order valence-electron chi connectivity index (χ3n) is 5.81. The summed E-state index contributed by atoms with van der Waals surface area (Å²) in [6, 6.07) is 12.8. The summed E-state index contributed by atoms with van der Waals surface area (Å²) in [7, 11) is 1.31. The monoisotopic (exact) mass is 440 g/mol. The molecule has 162 valence electrons. The first-order valence-corrected chi connectivity index (χ1v) is 10.7. The van der Waals surface area contributed by atoms with E-state index >= 15 is 0 Å². The lowest BCUT2D eigenvalue weighted by Crippen LogP contribution is -2.39. The standard InChI is InChI=1S/C24H25ClN2O4/c1-4-31-19-10-9-14(12-15(19)25)22-21-18(26-16-7-5-6-8-17(16)27-22)11-13(2)20(23(21)28)24(29)30-3/h5-10,12-13,20,22,26-27H,4,11H2,1-3H3/t13-,20-,22+/m0/s1. The molecule has 4 rings (SSSR count). The minimum absolute atomic E-state index is 0.180. The topological polar surface area (TPSA) is 76.7 Å². The van der Waals surface area contributed by atoms with Gasteiger partial charge in [-0.2, -0.15) is 0 Å². The van der Waals surface area contributed by atoms with Gasteiger partial charge in [-0.25, -0.2) is 0 Å². The lowest BCUT2D eigenvalue weighted by atomic mass is 9.75. The zero-order valence-corrected chi connectivity index (χ0v) is 18.5. The molecule has 0 bridgehead atoms. The Kier molecular flexibility index (Phi) is 5.92. The summed E-state index contributed by atoms with van der Waals surface area (Å²) in [5.74, 6) is -1.17. The maximum absolute atomic E-state index is 13.6. The summed E-state index contributed by atoms with van der Waals surface area (Å²) < 4.78 is 10.5. The van der Waals surface area contributed by atoms with Crippen molar-refractivity contribution in [3.8, 4) is 5.75 Å². The molecule has 31 heavy (non-hydrogen) atoms. The summed E-state index contributed by atoms with van der Waals surface area (Å²) >= 11 is 6.46. The molecule has 2 aromatic carbocycles. The molecule has 1 aliphatic heterocycles. The minimum atomic E-state index is -0.839. The average molecular weight is 441 g/mol. The molecule has 0 saturated heterocycles. The summed E-state index contributed by atoms with van der Waals surface area (Å²) in [5, 5.41) is 7.38. The van der Waals surface area contributed by atoms with Gasteiger partial charge in [-0.1, -0.05) is 36.7 Å². The molecule has 0 fully saturated rings. The number of hydrogen-bond donors (Lipinski definition) is 2. The van der Waals surface area contributed by atoms with Crippen molar-refractivity contribution in [1.82, 2.24) is 0 Å². The Balaban J connectivity index is 1.85. The lowest BCUT2D eigenvalue weighted by molar-refractivity contribution is -0.151. The molecule has 0 unspecified atom stereocenters. The van der Waals surface area contributed by atoms with E-state index in [4.69, 9.17) is 21.1 Å². The number of methoxy groups -OCH3 is 1. The second-order valence-electron chi connectivity index (χ2n) is 7.81. The number of para-hydroxylation sites is 2. The second kappa shape index (κ2) is 8.63. The van der Waals surface area contributed by atoms with Gasteiger partial charge in [0, 0.05) is 11.3 Å². The van der Waals surface area contributed by atoms with Gasteiger partial charge in [0.1, 0.15) is 11.7 Å². The number of nitrogens with one attached hydrogen (secondary N) is 2. The van der Waals surface area contributed by atoms with Crippen molar-refractivity contribution in [2.75, 3.05) is 24.4 Å². The van der Waals surface area contributed by atoms with Crippen LogP contribution in [0.1, 0.15) is 31.9 Å². The number of benzene rings is 2. The van der Waals surface area contributed by atoms with E-state index in [1.54, 1.807) is 12.1 Å². The predicted octanol–water partition coefficient (Wildman–Crippen LogP) is 4.97. The fourth-order valence-corrected chi connectivity index (χ4v) is 4.60. The molecule has 0 amide bonds. The van der Waals surface area contributed by atoms with E-state index in [0.717, 1.165) is 22.6 Å². The Morgan fingerprint density at radius 1 is 1.19 bits per heavy atom. The van der Waals surface area contributed by atoms with E-state index in [1.165, 1.54) is 7.11 Å². The highest BCUT2D eigenvalue weighted by molar-refractivity contribution is 6.32. The van der Waals surface area contributed by atoms with Crippen LogP contribution in [-0.4, -0.2) is 25.5 Å². The highest BCUT2D eigenvalue weighted by atomic mass is 35.5. The van der Waals surface area contributed by atoms with Gasteiger partial charge >= 0.3 is 5.97 Å². The number of ketones is 1. The molecule has 1 heterocycles. The van der Waals surface area contributed by atoms with Gasteiger partial charge < -0.3 is 20.1 Å². The van der Waals surface area contributed by atoms with E-state index in [9.17, 15) is 9.59 Å². The number of Topliss-reactive ketones (excluding diaryl/α,β-unsaturated/α-hetero) is 1. The van der Waals surface area contributed by atoms with Gasteiger partial charge in [0.25, 0.3) is 0 Å². The van der Waals surface area contributed by atoms with Crippen molar-refractivity contribution in [3.05, 3.63) is 64.3 Å². The zero-order chi connectivity index (χ0) is 22.1. The van der Waals surface area contributed by atoms with Crippen molar-refractivity contribution in [2.45, 2.75) is 26.3 Å². The minimum Gasteiger partial charge on any atom is -0.492 e. The van der Waals surface area contributed by atoms with E-state index < -0.39 is 17.9 Å². The van der Waals surface area contributed by atoms with Gasteiger partial charge in [0.15, 0.2) is 5.78 Å². The molecule has 0 aromatic heterocycles.